The first-order valence-corrected chi connectivity index (χ1v) is 5.66. The van der Waals surface area contributed by atoms with E-state index in [0.29, 0.717) is 13.0 Å². The Morgan fingerprint density at radius 1 is 1.36 bits per heavy atom. The van der Waals surface area contributed by atoms with Crippen LogP contribution in [0.2, 0.25) is 0 Å². The highest BCUT2D eigenvalue weighted by Gasteiger charge is 2.20. The van der Waals surface area contributed by atoms with Crippen molar-refractivity contribution in [2.24, 2.45) is 0 Å². The number of nitrogens with one attached hydrogen (secondary N) is 1. The van der Waals surface area contributed by atoms with Crippen molar-refractivity contribution in [3.8, 4) is 0 Å². The number of hydrogen-bond acceptors (Lipinski definition) is 3. The van der Waals surface area contributed by atoms with E-state index in [1.807, 2.05) is 6.92 Å². The highest BCUT2D eigenvalue weighted by molar-refractivity contribution is 7.92. The van der Waals surface area contributed by atoms with Crippen molar-refractivity contribution in [2.45, 2.75) is 25.5 Å². The number of sulfone groups is 1. The Bertz CT molecular complexity index is 187. The topological polar surface area (TPSA) is 46.2 Å². The summed E-state index contributed by atoms with van der Waals surface area (Å²) in [6, 6.07) is 0. The van der Waals surface area contributed by atoms with E-state index in [-0.39, 0.29) is 11.0 Å². The van der Waals surface area contributed by atoms with Crippen LogP contribution < -0.4 is 5.32 Å². The van der Waals surface area contributed by atoms with E-state index in [9.17, 15) is 8.42 Å². The lowest BCUT2D eigenvalue weighted by Crippen LogP contribution is -2.32. The van der Waals surface area contributed by atoms with Crippen molar-refractivity contribution in [3.63, 3.8) is 0 Å². The summed E-state index contributed by atoms with van der Waals surface area (Å²) in [5.74, 6) is 0.243. The second-order valence-corrected chi connectivity index (χ2v) is 5.11. The van der Waals surface area contributed by atoms with Crippen molar-refractivity contribution < 1.29 is 8.42 Å². The molecule has 0 aromatic carbocycles. The van der Waals surface area contributed by atoms with Gasteiger partial charge in [0.2, 0.25) is 0 Å². The third-order valence-corrected chi connectivity index (χ3v) is 4.12. The van der Waals surface area contributed by atoms with Gasteiger partial charge in [0.05, 0.1) is 5.25 Å². The van der Waals surface area contributed by atoms with Gasteiger partial charge in [-0.1, -0.05) is 13.8 Å². The molecule has 4 heteroatoms. The van der Waals surface area contributed by atoms with E-state index in [2.05, 4.69) is 5.32 Å². The lowest BCUT2D eigenvalue weighted by molar-refractivity contribution is 0.569. The standard InChI is InChI=1S/C7H17NO2S/c1-4-7(6-8-3)11(9,10)5-2/h7-8H,4-6H2,1-3H3. The van der Waals surface area contributed by atoms with Crippen LogP contribution >= 0.6 is 0 Å². The molecule has 0 aromatic heterocycles. The summed E-state index contributed by atoms with van der Waals surface area (Å²) >= 11 is 0. The quantitative estimate of drug-likeness (QED) is 0.665. The van der Waals surface area contributed by atoms with Gasteiger partial charge >= 0.3 is 0 Å². The molecule has 0 saturated heterocycles. The van der Waals surface area contributed by atoms with E-state index in [1.54, 1.807) is 14.0 Å². The summed E-state index contributed by atoms with van der Waals surface area (Å²) in [5.41, 5.74) is 0. The lowest BCUT2D eigenvalue weighted by Gasteiger charge is -2.13. The van der Waals surface area contributed by atoms with E-state index < -0.39 is 9.84 Å². The van der Waals surface area contributed by atoms with Gasteiger partial charge in [-0.15, -0.1) is 0 Å². The molecule has 0 aliphatic rings. The van der Waals surface area contributed by atoms with E-state index in [0.717, 1.165) is 0 Å². The van der Waals surface area contributed by atoms with Crippen LogP contribution in [0, 0.1) is 0 Å². The predicted octanol–water partition coefficient (Wildman–Crippen LogP) is 0.419. The highest BCUT2D eigenvalue weighted by atomic mass is 32.2. The Morgan fingerprint density at radius 3 is 2.18 bits per heavy atom. The third kappa shape index (κ3) is 3.20. The van der Waals surface area contributed by atoms with E-state index in [4.69, 9.17) is 0 Å². The molecular formula is C7H17NO2S. The number of hydrogen-bond donors (Lipinski definition) is 1. The molecule has 0 radical (unpaired) electrons. The van der Waals surface area contributed by atoms with Crippen LogP contribution in [-0.2, 0) is 9.84 Å². The van der Waals surface area contributed by atoms with Crippen molar-refractivity contribution >= 4 is 9.84 Å². The van der Waals surface area contributed by atoms with Crippen LogP contribution in [0.4, 0.5) is 0 Å². The summed E-state index contributed by atoms with van der Waals surface area (Å²) in [6.07, 6.45) is 0.691. The van der Waals surface area contributed by atoms with Crippen molar-refractivity contribution in [1.82, 2.24) is 5.32 Å². The van der Waals surface area contributed by atoms with Crippen LogP contribution in [0.1, 0.15) is 20.3 Å². The van der Waals surface area contributed by atoms with Crippen molar-refractivity contribution in [2.75, 3.05) is 19.3 Å². The minimum atomic E-state index is -2.84. The second-order valence-electron chi connectivity index (χ2n) is 2.54. The average Bonchev–Trinajstić information content (AvgIpc) is 2.00. The molecule has 0 heterocycles. The maximum Gasteiger partial charge on any atom is 0.154 e. The van der Waals surface area contributed by atoms with Gasteiger partial charge in [-0.3, -0.25) is 0 Å². The fraction of sp³-hybridized carbons (Fsp3) is 1.00. The van der Waals surface area contributed by atoms with Gasteiger partial charge in [0.15, 0.2) is 9.84 Å². The maximum absolute atomic E-state index is 11.3. The molecule has 1 unspecified atom stereocenters. The molecule has 68 valence electrons. The third-order valence-electron chi connectivity index (χ3n) is 1.80. The van der Waals surface area contributed by atoms with Crippen LogP contribution in [0.5, 0.6) is 0 Å². The zero-order valence-electron chi connectivity index (χ0n) is 7.42. The first-order valence-electron chi connectivity index (χ1n) is 3.94. The van der Waals surface area contributed by atoms with Crippen LogP contribution in [-0.4, -0.2) is 33.0 Å². The molecule has 0 saturated carbocycles. The molecule has 3 nitrogen and oxygen atoms in total. The summed E-state index contributed by atoms with van der Waals surface area (Å²) in [6.45, 7) is 4.15. The Labute approximate surface area is 69.1 Å². The molecule has 0 aliphatic carbocycles. The van der Waals surface area contributed by atoms with Crippen LogP contribution in [0.25, 0.3) is 0 Å². The molecule has 0 aliphatic heterocycles. The van der Waals surface area contributed by atoms with Gasteiger partial charge in [-0.05, 0) is 13.5 Å². The molecule has 1 atom stereocenters. The first kappa shape index (κ1) is 10.9. The van der Waals surface area contributed by atoms with Gasteiger partial charge in [-0.25, -0.2) is 8.42 Å². The normalized spacial score (nSPS) is 14.8. The average molecular weight is 179 g/mol. The summed E-state index contributed by atoms with van der Waals surface area (Å²) in [7, 11) is -1.06. The minimum absolute atomic E-state index is 0.211. The van der Waals surface area contributed by atoms with Crippen molar-refractivity contribution in [1.29, 1.82) is 0 Å². The van der Waals surface area contributed by atoms with E-state index >= 15 is 0 Å². The largest absolute Gasteiger partial charge is 0.318 e. The lowest BCUT2D eigenvalue weighted by atomic mass is 10.3. The van der Waals surface area contributed by atoms with Gasteiger partial charge in [0.1, 0.15) is 0 Å². The zero-order chi connectivity index (χ0) is 8.91. The predicted molar refractivity (Wildman–Crippen MR) is 47.5 cm³/mol. The minimum Gasteiger partial charge on any atom is -0.318 e. The molecule has 1 N–H and O–H groups in total. The highest BCUT2D eigenvalue weighted by Crippen LogP contribution is 2.05. The van der Waals surface area contributed by atoms with Crippen LogP contribution in [0.15, 0.2) is 0 Å². The van der Waals surface area contributed by atoms with E-state index in [1.165, 1.54) is 0 Å². The summed E-state index contributed by atoms with van der Waals surface area (Å²) in [4.78, 5) is 0. The Kier molecular flexibility index (Phi) is 4.68. The molecule has 11 heavy (non-hydrogen) atoms. The van der Waals surface area contributed by atoms with Gasteiger partial charge < -0.3 is 5.32 Å². The summed E-state index contributed by atoms with van der Waals surface area (Å²) in [5, 5.41) is 2.67. The molecule has 0 aromatic rings. The molecule has 0 bridgehead atoms. The molecule has 0 spiro atoms. The Morgan fingerprint density at radius 2 is 1.91 bits per heavy atom. The monoisotopic (exact) mass is 179 g/mol. The fourth-order valence-electron chi connectivity index (χ4n) is 0.989. The fourth-order valence-corrected chi connectivity index (χ4v) is 2.39. The molecule has 0 amide bonds. The molecule has 0 fully saturated rings. The molecule has 0 rings (SSSR count). The Hall–Kier alpha value is -0.0900. The van der Waals surface area contributed by atoms with Gasteiger partial charge in [0.25, 0.3) is 0 Å². The first-order chi connectivity index (χ1) is 5.08. The molecular weight excluding hydrogens is 162 g/mol. The van der Waals surface area contributed by atoms with Crippen LogP contribution in [0.3, 0.4) is 0 Å². The van der Waals surface area contributed by atoms with Gasteiger partial charge in [-0.2, -0.15) is 0 Å². The summed E-state index contributed by atoms with van der Waals surface area (Å²) < 4.78 is 22.6. The zero-order valence-corrected chi connectivity index (χ0v) is 8.24. The van der Waals surface area contributed by atoms with Gasteiger partial charge in [0, 0.05) is 12.3 Å². The second kappa shape index (κ2) is 4.72. The Balaban J connectivity index is 4.25. The number of rotatable bonds is 5. The smallest absolute Gasteiger partial charge is 0.154 e. The SMILES string of the molecule is CCC(CNC)S(=O)(=O)CC. The van der Waals surface area contributed by atoms with Crippen molar-refractivity contribution in [3.05, 3.63) is 0 Å². The maximum atomic E-state index is 11.3.